The highest BCUT2D eigenvalue weighted by Crippen LogP contribution is 2.35. The maximum atomic E-state index is 14.2. The van der Waals surface area contributed by atoms with E-state index in [1.807, 2.05) is 57.2 Å². The van der Waals surface area contributed by atoms with Crippen LogP contribution >= 0.6 is 58.0 Å². The minimum absolute atomic E-state index is 0.0223. The Morgan fingerprint density at radius 1 is 0.940 bits per heavy atom. The molecule has 3 unspecified atom stereocenters. The first-order chi connectivity index (χ1) is 39.5. The molecule has 3 atom stereocenters. The summed E-state index contributed by atoms with van der Waals surface area (Å²) in [5, 5.41) is 13.7. The molecule has 5 aromatic rings. The smallest absolute Gasteiger partial charge is 0.355 e. The number of ketones is 3. The summed E-state index contributed by atoms with van der Waals surface area (Å²) in [4.78, 5) is 96.1. The number of aryl methyl sites for hydroxylation is 3. The fourth-order valence-corrected chi connectivity index (χ4v) is 10.2. The maximum absolute atomic E-state index is 14.2. The number of benzene rings is 4. The number of esters is 1. The Bertz CT molecular complexity index is 3410. The second kappa shape index (κ2) is 31.6. The summed E-state index contributed by atoms with van der Waals surface area (Å²) in [5.74, 6) is -5.27. The topological polar surface area (TPSA) is 254 Å². The number of nitro groups is 1. The number of fused-ring (bicyclic) bond motifs is 1. The number of Topliss-reactive ketones (excluding diaryl/α,β-unsaturated/α-hetero) is 3. The molecule has 1 fully saturated rings. The van der Waals surface area contributed by atoms with E-state index in [2.05, 4.69) is 18.1 Å². The lowest BCUT2D eigenvalue weighted by Gasteiger charge is -2.35. The predicted molar refractivity (Wildman–Crippen MR) is 311 cm³/mol. The van der Waals surface area contributed by atoms with Crippen LogP contribution in [0.2, 0.25) is 5.02 Å². The van der Waals surface area contributed by atoms with E-state index in [0.717, 1.165) is 65.5 Å². The van der Waals surface area contributed by atoms with Gasteiger partial charge in [0.25, 0.3) is 11.6 Å². The SMILES string of the molecule is CC1COc2ccccc2N1C(=O)C(Cl)Cl.CCOC(=O)C(Cl)Cc1cc(-n2nc(C)n(C(F)F)c2=O)c(F)cc1Cl.CCc1cccc(C)c1N(C(=O)CCl)C(C)COC.CS(=O)(=O)c1ccc(C(=O)C2C(=O)CCCC2=O)c([N+](=O)[O-])c1. The van der Waals surface area contributed by atoms with Crippen LogP contribution in [0.15, 0.2) is 82.5 Å². The highest BCUT2D eigenvalue weighted by Gasteiger charge is 2.39. The summed E-state index contributed by atoms with van der Waals surface area (Å²) in [5.41, 5.74) is 1.40. The number of halogens is 8. The lowest BCUT2D eigenvalue weighted by atomic mass is 9.81. The molecule has 0 bridgehead atoms. The Hall–Kier alpha value is -6.41. The molecule has 84 heavy (non-hydrogen) atoms. The number of carbonyl (C=O) groups is 6. The van der Waals surface area contributed by atoms with Crippen LogP contribution in [0.5, 0.6) is 5.75 Å². The first-order valence-corrected chi connectivity index (χ1v) is 29.7. The Morgan fingerprint density at radius 3 is 2.13 bits per heavy atom. The molecule has 0 spiro atoms. The van der Waals surface area contributed by atoms with Crippen LogP contribution in [-0.2, 0) is 56.1 Å². The number of hydrogen-bond acceptors (Lipinski definition) is 15. The van der Waals surface area contributed by atoms with Crippen molar-refractivity contribution >= 4 is 120 Å². The summed E-state index contributed by atoms with van der Waals surface area (Å²) >= 11 is 28.9. The van der Waals surface area contributed by atoms with Gasteiger partial charge in [0, 0.05) is 43.7 Å². The molecule has 1 aromatic heterocycles. The van der Waals surface area contributed by atoms with Crippen molar-refractivity contribution in [3.63, 3.8) is 0 Å². The minimum atomic E-state index is -3.70. The molecule has 29 heteroatoms. The number of nitrogens with zero attached hydrogens (tertiary/aromatic N) is 6. The van der Waals surface area contributed by atoms with Crippen molar-refractivity contribution < 1.29 is 69.5 Å². The molecule has 2 heterocycles. The van der Waals surface area contributed by atoms with Gasteiger partial charge >= 0.3 is 18.2 Å². The van der Waals surface area contributed by atoms with E-state index in [-0.39, 0.29) is 87.2 Å². The van der Waals surface area contributed by atoms with Crippen LogP contribution < -0.4 is 20.2 Å². The first-order valence-electron chi connectivity index (χ1n) is 25.6. The molecule has 4 aromatic carbocycles. The molecule has 0 saturated heterocycles. The number of rotatable bonds is 17. The zero-order valence-electron chi connectivity index (χ0n) is 46.6. The molecule has 7 rings (SSSR count). The number of nitro benzene ring substituents is 1. The van der Waals surface area contributed by atoms with E-state index < -0.39 is 83.5 Å². The van der Waals surface area contributed by atoms with Gasteiger partial charge in [0.1, 0.15) is 41.0 Å². The van der Waals surface area contributed by atoms with Crippen molar-refractivity contribution in [2.75, 3.05) is 48.9 Å². The number of alkyl halides is 6. The number of amides is 2. The van der Waals surface area contributed by atoms with Crippen molar-refractivity contribution in [1.82, 2.24) is 14.3 Å². The van der Waals surface area contributed by atoms with Gasteiger partial charge in [-0.25, -0.2) is 22.2 Å². The molecular weight excluding hydrogens is 1230 g/mol. The first kappa shape index (κ1) is 70.1. The number of ether oxygens (including phenoxy) is 3. The van der Waals surface area contributed by atoms with E-state index in [1.165, 1.54) is 6.92 Å². The van der Waals surface area contributed by atoms with Crippen molar-refractivity contribution in [3.8, 4) is 11.4 Å². The Balaban J connectivity index is 0.000000244. The van der Waals surface area contributed by atoms with Gasteiger partial charge in [0.05, 0.1) is 52.1 Å². The van der Waals surface area contributed by atoms with E-state index in [0.29, 0.717) is 30.1 Å². The van der Waals surface area contributed by atoms with E-state index in [9.17, 15) is 65.3 Å². The average molecular weight is 1300 g/mol. The highest BCUT2D eigenvalue weighted by atomic mass is 35.5. The minimum Gasteiger partial charge on any atom is -0.489 e. The predicted octanol–water partition coefficient (Wildman–Crippen LogP) is 10.1. The third kappa shape index (κ3) is 17.6. The zero-order valence-corrected chi connectivity index (χ0v) is 51.2. The van der Waals surface area contributed by atoms with Crippen LogP contribution in [-0.4, -0.2) is 124 Å². The molecule has 1 saturated carbocycles. The van der Waals surface area contributed by atoms with Crippen LogP contribution in [0.3, 0.4) is 0 Å². The summed E-state index contributed by atoms with van der Waals surface area (Å²) in [6.45, 7) is 8.71. The fraction of sp³-hybridized carbons (Fsp3) is 0.418. The number of methoxy groups -OCH3 is 1. The van der Waals surface area contributed by atoms with Gasteiger partial charge in [0.2, 0.25) is 5.91 Å². The van der Waals surface area contributed by atoms with Gasteiger partial charge < -0.3 is 24.0 Å². The van der Waals surface area contributed by atoms with E-state index >= 15 is 0 Å². The van der Waals surface area contributed by atoms with Gasteiger partial charge in [-0.15, -0.1) is 28.3 Å². The molecule has 1 aliphatic heterocycles. The van der Waals surface area contributed by atoms with E-state index in [4.69, 9.17) is 72.2 Å². The summed E-state index contributed by atoms with van der Waals surface area (Å²) < 4.78 is 79.1. The molecular formula is C55H60Cl5F3N6O14S. The average Bonchev–Trinajstić information content (AvgIpc) is 2.19. The molecule has 20 nitrogen and oxygen atoms in total. The number of hydrogen-bond donors (Lipinski definition) is 0. The molecule has 456 valence electrons. The molecule has 2 aliphatic rings. The largest absolute Gasteiger partial charge is 0.489 e. The van der Waals surface area contributed by atoms with Gasteiger partial charge in [-0.3, -0.25) is 38.9 Å². The van der Waals surface area contributed by atoms with Crippen molar-refractivity contribution in [3.05, 3.63) is 132 Å². The molecule has 1 aliphatic carbocycles. The van der Waals surface area contributed by atoms with Gasteiger partial charge in [0.15, 0.2) is 37.8 Å². The number of sulfone groups is 1. The monoisotopic (exact) mass is 1290 g/mol. The van der Waals surface area contributed by atoms with Crippen LogP contribution in [0, 0.1) is 35.7 Å². The van der Waals surface area contributed by atoms with Gasteiger partial charge in [-0.2, -0.15) is 13.5 Å². The second-order valence-electron chi connectivity index (χ2n) is 18.8. The fourth-order valence-electron chi connectivity index (χ4n) is 8.78. The molecule has 0 radical (unpaired) electrons. The number of carbonyl (C=O) groups excluding carboxylic acids is 6. The maximum Gasteiger partial charge on any atom is 0.355 e. The molecule has 2 amide bonds. The summed E-state index contributed by atoms with van der Waals surface area (Å²) in [6.07, 6.45) is 2.13. The summed E-state index contributed by atoms with van der Waals surface area (Å²) in [7, 11) is -2.06. The zero-order chi connectivity index (χ0) is 63.1. The number of anilines is 2. The van der Waals surface area contributed by atoms with Gasteiger partial charge in [-0.05, 0) is 101 Å². The van der Waals surface area contributed by atoms with Crippen molar-refractivity contribution in [1.29, 1.82) is 0 Å². The van der Waals surface area contributed by atoms with Crippen molar-refractivity contribution in [2.45, 2.75) is 107 Å². The lowest BCUT2D eigenvalue weighted by Crippen LogP contribution is -2.47. The number of aromatic nitrogens is 3. The molecule has 0 N–H and O–H groups in total. The quantitative estimate of drug-likeness (QED) is 0.0210. The summed E-state index contributed by atoms with van der Waals surface area (Å²) in [6, 6.07) is 18.1. The van der Waals surface area contributed by atoms with Crippen LogP contribution in [0.4, 0.5) is 30.2 Å². The Labute approximate surface area is 507 Å². The number of para-hydroxylation sites is 3. The van der Waals surface area contributed by atoms with E-state index in [1.54, 1.807) is 23.8 Å². The van der Waals surface area contributed by atoms with Gasteiger partial charge in [-0.1, -0.05) is 72.1 Å². The standard InChI is InChI=1S/C15H14Cl2F3N3O3.C15H22ClNO2.C14H13NO7S.C11H11Cl2NO2/c1-3-26-13(24)10(17)4-8-5-12(11(18)6-9(8)16)23-15(25)22(14(19)20)7(2)21-23;1-5-13-8-6-7-11(2)15(13)17(14(18)9-16)12(3)10-19-4;1-23(21,22)8-5-6-9(10(7-8)15(19)20)14(18)13-11(16)3-2-4-12(13)17;1-7-6-16-9-5-3-2-4-8(9)14(7)11(15)10(12)13/h5-6,10,14H,3-4H2,1-2H3;6-8,12H,5,9-10H2,1-4H3;5-7,13H,2-4H2,1H3;2-5,7,10H,6H2,1H3. The third-order valence-corrected chi connectivity index (χ3v) is 15.1. The normalized spacial score (nSPS) is 14.8. The Kier molecular flexibility index (Phi) is 26.4. The van der Waals surface area contributed by atoms with Crippen LogP contribution in [0.1, 0.15) is 86.4 Å². The Morgan fingerprint density at radius 2 is 1.58 bits per heavy atom. The third-order valence-electron chi connectivity index (χ3n) is 12.7. The van der Waals surface area contributed by atoms with Crippen molar-refractivity contribution in [2.24, 2.45) is 5.92 Å². The van der Waals surface area contributed by atoms with Crippen LogP contribution in [0.25, 0.3) is 5.69 Å². The lowest BCUT2D eigenvalue weighted by molar-refractivity contribution is -0.385. The highest BCUT2D eigenvalue weighted by molar-refractivity contribution is 7.90. The second-order valence-corrected chi connectivity index (χ2v) is 23.1.